The lowest BCUT2D eigenvalue weighted by atomic mass is 10.3. The molecule has 4 nitrogen and oxygen atoms in total. The number of rotatable bonds is 4. The molecule has 0 aromatic rings. The fourth-order valence-corrected chi connectivity index (χ4v) is 0.320. The summed E-state index contributed by atoms with van der Waals surface area (Å²) in [4.78, 5) is 5.41. The fourth-order valence-electron chi connectivity index (χ4n) is 0.320. The van der Waals surface area contributed by atoms with Crippen LogP contribution in [0.5, 0.6) is 0 Å². The van der Waals surface area contributed by atoms with Crippen molar-refractivity contribution in [1.82, 2.24) is 0 Å². The zero-order valence-corrected chi connectivity index (χ0v) is 6.13. The second-order valence-electron chi connectivity index (χ2n) is 1.95. The zero-order chi connectivity index (χ0) is 11.6. The molecule has 1 unspecified atom stereocenters. The molecule has 0 aromatic heterocycles. The molecule has 0 spiro atoms. The SMILES string of the molecule is OB(O)OOC(F)(C(F)F)C(F)(F)F. The number of halogens is 6. The van der Waals surface area contributed by atoms with Crippen molar-refractivity contribution in [2.75, 3.05) is 0 Å². The van der Waals surface area contributed by atoms with Crippen LogP contribution < -0.4 is 0 Å². The van der Waals surface area contributed by atoms with Crippen LogP contribution in [0.15, 0.2) is 0 Å². The van der Waals surface area contributed by atoms with E-state index in [9.17, 15) is 26.3 Å². The van der Waals surface area contributed by atoms with Gasteiger partial charge in [-0.1, -0.05) is 0 Å². The third kappa shape index (κ3) is 3.01. The highest BCUT2D eigenvalue weighted by Crippen LogP contribution is 2.39. The van der Waals surface area contributed by atoms with Crippen molar-refractivity contribution in [1.29, 1.82) is 0 Å². The maximum atomic E-state index is 12.3. The Labute approximate surface area is 73.1 Å². The molecule has 84 valence electrons. The van der Waals surface area contributed by atoms with Crippen molar-refractivity contribution in [3.63, 3.8) is 0 Å². The highest BCUT2D eigenvalue weighted by Gasteiger charge is 2.66. The van der Waals surface area contributed by atoms with Gasteiger partial charge in [-0.3, -0.25) is 0 Å². The molecule has 0 fully saturated rings. The van der Waals surface area contributed by atoms with Gasteiger partial charge >= 0.3 is 25.8 Å². The lowest BCUT2D eigenvalue weighted by Gasteiger charge is -2.25. The molecular formula is C3H3BF6O4. The predicted octanol–water partition coefficient (Wildman–Crippen LogP) is 0.397. The summed E-state index contributed by atoms with van der Waals surface area (Å²) in [5, 5.41) is 15.6. The first-order valence-electron chi connectivity index (χ1n) is 2.85. The highest BCUT2D eigenvalue weighted by atomic mass is 19.4. The minimum Gasteiger partial charge on any atom is -0.400 e. The van der Waals surface area contributed by atoms with Crippen molar-refractivity contribution in [3.05, 3.63) is 0 Å². The van der Waals surface area contributed by atoms with E-state index in [0.717, 1.165) is 0 Å². The van der Waals surface area contributed by atoms with Crippen LogP contribution in [-0.2, 0) is 9.69 Å². The van der Waals surface area contributed by atoms with Gasteiger partial charge in [-0.2, -0.15) is 22.4 Å². The predicted molar refractivity (Wildman–Crippen MR) is 28.3 cm³/mol. The lowest BCUT2D eigenvalue weighted by Crippen LogP contribution is -2.50. The molecular weight excluding hydrogens is 225 g/mol. The van der Waals surface area contributed by atoms with Gasteiger partial charge in [-0.25, -0.2) is 13.6 Å². The largest absolute Gasteiger partial charge is 0.662 e. The average Bonchev–Trinajstić information content (AvgIpc) is 1.97. The molecule has 0 aromatic carbocycles. The number of hydrogen-bond donors (Lipinski definition) is 2. The van der Waals surface area contributed by atoms with Crippen molar-refractivity contribution in [2.24, 2.45) is 0 Å². The molecule has 11 heteroatoms. The summed E-state index contributed by atoms with van der Waals surface area (Å²) in [7, 11) is -2.97. The van der Waals surface area contributed by atoms with E-state index >= 15 is 0 Å². The van der Waals surface area contributed by atoms with Gasteiger partial charge < -0.3 is 10.0 Å². The van der Waals surface area contributed by atoms with Crippen LogP contribution in [0.1, 0.15) is 0 Å². The first-order chi connectivity index (χ1) is 6.11. The monoisotopic (exact) mass is 228 g/mol. The van der Waals surface area contributed by atoms with Crippen molar-refractivity contribution in [3.8, 4) is 0 Å². The Bertz CT molecular complexity index is 184. The molecule has 0 aliphatic heterocycles. The van der Waals surface area contributed by atoms with Gasteiger partial charge in [0.1, 0.15) is 0 Å². The molecule has 0 bridgehead atoms. The molecule has 14 heavy (non-hydrogen) atoms. The summed E-state index contributed by atoms with van der Waals surface area (Å²) in [6.07, 6.45) is -10.7. The molecule has 0 heterocycles. The molecule has 0 aliphatic carbocycles. The molecule has 1 atom stereocenters. The van der Waals surface area contributed by atoms with Gasteiger partial charge in [-0.15, -0.1) is 0 Å². The van der Waals surface area contributed by atoms with Gasteiger partial charge in [0, 0.05) is 0 Å². The summed E-state index contributed by atoms with van der Waals surface area (Å²) in [5.74, 6) is -5.41. The van der Waals surface area contributed by atoms with Gasteiger partial charge in [-0.05, 0) is 0 Å². The normalized spacial score (nSPS) is 16.9. The molecule has 0 saturated carbocycles. The number of alkyl halides is 6. The Morgan fingerprint density at radius 1 is 1.07 bits per heavy atom. The molecule has 0 radical (unpaired) electrons. The summed E-state index contributed by atoms with van der Waals surface area (Å²) >= 11 is 0. The van der Waals surface area contributed by atoms with E-state index in [2.05, 4.69) is 9.69 Å². The number of hydrogen-bond acceptors (Lipinski definition) is 4. The molecule has 2 N–H and O–H groups in total. The van der Waals surface area contributed by atoms with E-state index < -0.39 is 25.8 Å². The summed E-state index contributed by atoms with van der Waals surface area (Å²) in [6.45, 7) is 0. The van der Waals surface area contributed by atoms with E-state index in [1.165, 1.54) is 0 Å². The minimum absolute atomic E-state index is 2.58. The highest BCUT2D eigenvalue weighted by molar-refractivity contribution is 6.32. The zero-order valence-electron chi connectivity index (χ0n) is 6.13. The molecule has 0 rings (SSSR count). The van der Waals surface area contributed by atoms with E-state index in [-0.39, 0.29) is 0 Å². The van der Waals surface area contributed by atoms with Gasteiger partial charge in [0.2, 0.25) is 0 Å². The Morgan fingerprint density at radius 2 is 1.50 bits per heavy atom. The second kappa shape index (κ2) is 4.34. The second-order valence-corrected chi connectivity index (χ2v) is 1.95. The van der Waals surface area contributed by atoms with Crippen molar-refractivity contribution >= 4 is 7.32 Å². The Balaban J connectivity index is 4.58. The lowest BCUT2D eigenvalue weighted by molar-refractivity contribution is -0.461. The molecule has 0 aliphatic rings. The maximum absolute atomic E-state index is 12.3. The quantitative estimate of drug-likeness (QED) is 0.316. The third-order valence-electron chi connectivity index (χ3n) is 0.923. The van der Waals surface area contributed by atoms with Crippen LogP contribution in [0.25, 0.3) is 0 Å². The Hall–Kier alpha value is -0.515. The maximum Gasteiger partial charge on any atom is 0.662 e. The van der Waals surface area contributed by atoms with E-state index in [1.54, 1.807) is 0 Å². The van der Waals surface area contributed by atoms with E-state index in [1.807, 2.05) is 0 Å². The minimum atomic E-state index is -6.07. The topological polar surface area (TPSA) is 58.9 Å². The van der Waals surface area contributed by atoms with Crippen LogP contribution >= 0.6 is 0 Å². The van der Waals surface area contributed by atoms with Crippen LogP contribution in [0, 0.1) is 0 Å². The van der Waals surface area contributed by atoms with Gasteiger partial charge in [0.05, 0.1) is 0 Å². The fraction of sp³-hybridized carbons (Fsp3) is 1.00. The average molecular weight is 228 g/mol. The van der Waals surface area contributed by atoms with E-state index in [0.29, 0.717) is 0 Å². The first-order valence-corrected chi connectivity index (χ1v) is 2.85. The summed E-state index contributed by atoms with van der Waals surface area (Å²) in [5.41, 5.74) is 0. The summed E-state index contributed by atoms with van der Waals surface area (Å²) in [6, 6.07) is 0. The molecule has 0 saturated heterocycles. The van der Waals surface area contributed by atoms with Gasteiger partial charge in [0.15, 0.2) is 0 Å². The standard InChI is InChI=1S/C3H3BF6O4/c5-1(6)2(7,3(8,9)10)13-14-4(11)12/h1,11-12H. The Kier molecular flexibility index (Phi) is 4.18. The van der Waals surface area contributed by atoms with E-state index in [4.69, 9.17) is 10.0 Å². The molecule has 0 amide bonds. The van der Waals surface area contributed by atoms with Crippen LogP contribution in [0.2, 0.25) is 0 Å². The van der Waals surface area contributed by atoms with Crippen molar-refractivity contribution < 1.29 is 46.1 Å². The van der Waals surface area contributed by atoms with Crippen LogP contribution in [0.3, 0.4) is 0 Å². The summed E-state index contributed by atoms with van der Waals surface area (Å²) < 4.78 is 70.2. The van der Waals surface area contributed by atoms with Crippen LogP contribution in [-0.4, -0.2) is 35.8 Å². The van der Waals surface area contributed by atoms with Gasteiger partial charge in [0.25, 0.3) is 0 Å². The third-order valence-corrected chi connectivity index (χ3v) is 0.923. The Morgan fingerprint density at radius 3 is 1.71 bits per heavy atom. The van der Waals surface area contributed by atoms with Crippen molar-refractivity contribution in [2.45, 2.75) is 18.5 Å². The smallest absolute Gasteiger partial charge is 0.400 e. The first kappa shape index (κ1) is 13.5. The van der Waals surface area contributed by atoms with Crippen LogP contribution in [0.4, 0.5) is 26.3 Å².